The van der Waals surface area contributed by atoms with Crippen LogP contribution < -0.4 is 4.90 Å². The Labute approximate surface area is 178 Å². The van der Waals surface area contributed by atoms with Gasteiger partial charge in [-0.05, 0) is 73.5 Å². The molecule has 0 spiro atoms. The van der Waals surface area contributed by atoms with Gasteiger partial charge in [-0.15, -0.1) is 0 Å². The fraction of sp³-hybridized carbons (Fsp3) is 0.0714. The SMILES string of the molecule is Cc1ccc(N(c2ccc(C)cc2)c2ccc(/C=C/c3ccc(O)cc3)cc2)cc1. The predicted molar refractivity (Wildman–Crippen MR) is 128 cm³/mol. The second-order valence-corrected chi connectivity index (χ2v) is 7.52. The lowest BCUT2D eigenvalue weighted by atomic mass is 10.1. The summed E-state index contributed by atoms with van der Waals surface area (Å²) in [5.41, 5.74) is 8.06. The summed E-state index contributed by atoms with van der Waals surface area (Å²) in [5.74, 6) is 0.281. The highest BCUT2D eigenvalue weighted by Gasteiger charge is 2.12. The summed E-state index contributed by atoms with van der Waals surface area (Å²) in [5, 5.41) is 9.41. The van der Waals surface area contributed by atoms with Crippen molar-refractivity contribution in [3.05, 3.63) is 119 Å². The first-order chi connectivity index (χ1) is 14.6. The third-order valence-electron chi connectivity index (χ3n) is 5.10. The van der Waals surface area contributed by atoms with Gasteiger partial charge in [0.15, 0.2) is 0 Å². The number of hydrogen-bond donors (Lipinski definition) is 1. The first kappa shape index (κ1) is 19.5. The van der Waals surface area contributed by atoms with Crippen LogP contribution >= 0.6 is 0 Å². The molecular formula is C28H25NO. The van der Waals surface area contributed by atoms with Crippen molar-refractivity contribution in [2.75, 3.05) is 4.90 Å². The van der Waals surface area contributed by atoms with Crippen LogP contribution in [0.4, 0.5) is 17.1 Å². The van der Waals surface area contributed by atoms with Gasteiger partial charge in [-0.25, -0.2) is 0 Å². The fourth-order valence-electron chi connectivity index (χ4n) is 3.35. The summed E-state index contributed by atoms with van der Waals surface area (Å²) < 4.78 is 0. The maximum atomic E-state index is 9.41. The fourth-order valence-corrected chi connectivity index (χ4v) is 3.35. The molecule has 4 rings (SSSR count). The maximum absolute atomic E-state index is 9.41. The van der Waals surface area contributed by atoms with Gasteiger partial charge in [-0.2, -0.15) is 0 Å². The standard InChI is InChI=1S/C28H25NO/c1-21-3-13-25(14-4-21)29(26-15-5-22(2)6-16-26)27-17-9-23(10-18-27)7-8-24-11-19-28(30)20-12-24/h3-20,30H,1-2H3/b8-7+. The molecule has 0 aliphatic heterocycles. The lowest BCUT2D eigenvalue weighted by Gasteiger charge is -2.25. The van der Waals surface area contributed by atoms with Crippen LogP contribution in [0.15, 0.2) is 97.1 Å². The molecule has 0 amide bonds. The molecule has 1 N–H and O–H groups in total. The number of benzene rings is 4. The zero-order valence-electron chi connectivity index (χ0n) is 17.3. The van der Waals surface area contributed by atoms with Gasteiger partial charge < -0.3 is 10.0 Å². The molecule has 0 aromatic heterocycles. The van der Waals surface area contributed by atoms with Crippen LogP contribution in [0.2, 0.25) is 0 Å². The highest BCUT2D eigenvalue weighted by atomic mass is 16.3. The number of nitrogens with zero attached hydrogens (tertiary/aromatic N) is 1. The number of rotatable bonds is 5. The minimum absolute atomic E-state index is 0.281. The molecule has 0 unspecified atom stereocenters. The molecule has 0 radical (unpaired) electrons. The molecule has 0 saturated heterocycles. The Morgan fingerprint density at radius 3 is 1.23 bits per heavy atom. The molecule has 4 aromatic carbocycles. The smallest absolute Gasteiger partial charge is 0.115 e. The average molecular weight is 392 g/mol. The highest BCUT2D eigenvalue weighted by molar-refractivity contribution is 5.78. The summed E-state index contributed by atoms with van der Waals surface area (Å²) in [4.78, 5) is 2.27. The Morgan fingerprint density at radius 2 is 0.833 bits per heavy atom. The van der Waals surface area contributed by atoms with E-state index in [4.69, 9.17) is 0 Å². The highest BCUT2D eigenvalue weighted by Crippen LogP contribution is 2.34. The topological polar surface area (TPSA) is 23.5 Å². The first-order valence-corrected chi connectivity index (χ1v) is 10.1. The maximum Gasteiger partial charge on any atom is 0.115 e. The monoisotopic (exact) mass is 391 g/mol. The van der Waals surface area contributed by atoms with E-state index in [1.165, 1.54) is 11.1 Å². The number of hydrogen-bond acceptors (Lipinski definition) is 2. The van der Waals surface area contributed by atoms with E-state index in [0.717, 1.165) is 28.2 Å². The summed E-state index contributed by atoms with van der Waals surface area (Å²) in [7, 11) is 0. The van der Waals surface area contributed by atoms with Crippen molar-refractivity contribution in [2.45, 2.75) is 13.8 Å². The lowest BCUT2D eigenvalue weighted by molar-refractivity contribution is 0.475. The van der Waals surface area contributed by atoms with Crippen molar-refractivity contribution >= 4 is 29.2 Å². The van der Waals surface area contributed by atoms with E-state index in [-0.39, 0.29) is 5.75 Å². The van der Waals surface area contributed by atoms with Gasteiger partial charge in [0.25, 0.3) is 0 Å². The van der Waals surface area contributed by atoms with E-state index in [9.17, 15) is 5.11 Å². The van der Waals surface area contributed by atoms with Crippen molar-refractivity contribution in [1.82, 2.24) is 0 Å². The van der Waals surface area contributed by atoms with Gasteiger partial charge in [0.2, 0.25) is 0 Å². The Hall–Kier alpha value is -3.78. The van der Waals surface area contributed by atoms with Crippen LogP contribution in [0.25, 0.3) is 12.2 Å². The number of aromatic hydroxyl groups is 1. The van der Waals surface area contributed by atoms with Crippen LogP contribution in [0.5, 0.6) is 5.75 Å². The summed E-state index contributed by atoms with van der Waals surface area (Å²) in [6.45, 7) is 4.21. The molecule has 2 nitrogen and oxygen atoms in total. The molecule has 0 fully saturated rings. The molecular weight excluding hydrogens is 366 g/mol. The second-order valence-electron chi connectivity index (χ2n) is 7.52. The van der Waals surface area contributed by atoms with E-state index in [1.54, 1.807) is 12.1 Å². The van der Waals surface area contributed by atoms with Crippen LogP contribution in [0, 0.1) is 13.8 Å². The molecule has 148 valence electrons. The minimum atomic E-state index is 0.281. The minimum Gasteiger partial charge on any atom is -0.508 e. The van der Waals surface area contributed by atoms with Crippen LogP contribution in [-0.4, -0.2) is 5.11 Å². The van der Waals surface area contributed by atoms with E-state index >= 15 is 0 Å². The number of anilines is 3. The molecule has 0 aliphatic carbocycles. The summed E-state index contributed by atoms with van der Waals surface area (Å²) in [6.07, 6.45) is 4.13. The van der Waals surface area contributed by atoms with Crippen molar-refractivity contribution in [1.29, 1.82) is 0 Å². The molecule has 4 aromatic rings. The molecule has 0 saturated carbocycles. The first-order valence-electron chi connectivity index (χ1n) is 10.1. The van der Waals surface area contributed by atoms with Crippen molar-refractivity contribution in [3.8, 4) is 5.75 Å². The van der Waals surface area contributed by atoms with Gasteiger partial charge in [-0.1, -0.05) is 71.8 Å². The van der Waals surface area contributed by atoms with E-state index in [0.29, 0.717) is 0 Å². The van der Waals surface area contributed by atoms with Crippen LogP contribution in [0.3, 0.4) is 0 Å². The van der Waals surface area contributed by atoms with Gasteiger partial charge in [0.1, 0.15) is 5.75 Å². The van der Waals surface area contributed by atoms with E-state index in [1.807, 2.05) is 18.2 Å². The third kappa shape index (κ3) is 4.61. The second kappa shape index (κ2) is 8.71. The van der Waals surface area contributed by atoms with Crippen LogP contribution in [0.1, 0.15) is 22.3 Å². The van der Waals surface area contributed by atoms with Gasteiger partial charge >= 0.3 is 0 Å². The Kier molecular flexibility index (Phi) is 5.67. The van der Waals surface area contributed by atoms with Crippen molar-refractivity contribution in [3.63, 3.8) is 0 Å². The van der Waals surface area contributed by atoms with E-state index < -0.39 is 0 Å². The normalized spacial score (nSPS) is 11.0. The number of phenols is 1. The van der Waals surface area contributed by atoms with E-state index in [2.05, 4.69) is 97.6 Å². The molecule has 30 heavy (non-hydrogen) atoms. The van der Waals surface area contributed by atoms with Gasteiger partial charge in [-0.3, -0.25) is 0 Å². The molecule has 2 heteroatoms. The molecule has 0 bridgehead atoms. The Morgan fingerprint density at radius 1 is 0.500 bits per heavy atom. The van der Waals surface area contributed by atoms with Gasteiger partial charge in [0, 0.05) is 17.1 Å². The molecule has 0 atom stereocenters. The summed E-state index contributed by atoms with van der Waals surface area (Å²) >= 11 is 0. The molecule has 0 aliphatic rings. The predicted octanol–water partition coefficient (Wildman–Crippen LogP) is 7.65. The van der Waals surface area contributed by atoms with Gasteiger partial charge in [0.05, 0.1) is 0 Å². The summed E-state index contributed by atoms with van der Waals surface area (Å²) in [6, 6.07) is 33.0. The van der Waals surface area contributed by atoms with Crippen molar-refractivity contribution < 1.29 is 5.11 Å². The average Bonchev–Trinajstić information content (AvgIpc) is 2.77. The molecule has 0 heterocycles. The largest absolute Gasteiger partial charge is 0.508 e. The number of phenolic OH excluding ortho intramolecular Hbond substituents is 1. The zero-order valence-corrected chi connectivity index (χ0v) is 17.3. The lowest BCUT2D eigenvalue weighted by Crippen LogP contribution is -2.09. The third-order valence-corrected chi connectivity index (χ3v) is 5.10. The number of aryl methyl sites for hydroxylation is 2. The quantitative estimate of drug-likeness (QED) is 0.353. The van der Waals surface area contributed by atoms with Crippen molar-refractivity contribution in [2.24, 2.45) is 0 Å². The Balaban J connectivity index is 1.64. The zero-order chi connectivity index (χ0) is 20.9. The van der Waals surface area contributed by atoms with Crippen LogP contribution in [-0.2, 0) is 0 Å². The Bertz CT molecular complexity index is 1080.